The first-order valence-corrected chi connectivity index (χ1v) is 37.2. The Morgan fingerprint density at radius 2 is 0.500 bits per heavy atom. The number of rotatable bonds is 0. The zero-order valence-corrected chi connectivity index (χ0v) is 64.3. The van der Waals surface area contributed by atoms with E-state index in [1.54, 1.807) is 0 Å². The van der Waals surface area contributed by atoms with E-state index in [1.807, 2.05) is 37.3 Å². The van der Waals surface area contributed by atoms with E-state index in [9.17, 15) is 0 Å². The molecule has 2 aromatic heterocycles. The molecule has 0 bridgehead atoms. The van der Waals surface area contributed by atoms with Crippen molar-refractivity contribution < 1.29 is 4.42 Å². The van der Waals surface area contributed by atoms with Crippen LogP contribution >= 0.6 is 11.3 Å². The number of hydrogen-bond acceptors (Lipinski definition) is 2. The Kier molecular flexibility index (Phi) is 22.7. The molecule has 0 aliphatic rings. The molecule has 0 saturated carbocycles. The van der Waals surface area contributed by atoms with Gasteiger partial charge in [-0.1, -0.05) is 300 Å². The van der Waals surface area contributed by atoms with Crippen molar-refractivity contribution in [3.05, 3.63) is 379 Å². The summed E-state index contributed by atoms with van der Waals surface area (Å²) in [7, 11) is 0. The standard InChI is InChI=1S/C18H14.3C16H14.2C12H12.C6H8O.C6H8S/c1-11-3-5-13-8-10-16-12(2)4-6-14-7-9-15(11)17(13)18(14)16;1-11-3-7-15-13(9-11)5-6-14-10-12(2)4-8-16(14)15;1-11-13-7-3-5-9-15(13)12(2)16-10-6-4-8-14(11)16;1-11-7-8-13-10-12(2)14-5-3-4-6-15(14)16(13)9-11;1-9-3-5-12-8-10(2)4-6-11(12)7-9;1-9-7-10(2)12-6-4-3-5-11(12)8-9;2*1-5-3-4-6(2)7-5/h3-10H,1-2H3;3*3-10H,1-2H3;2*3-8H,1-2H3;2*3-4H,1-2H3. The van der Waals surface area contributed by atoms with E-state index in [1.165, 1.54) is 195 Å². The molecule has 0 spiro atoms. The second-order valence-corrected chi connectivity index (χ2v) is 30.0. The summed E-state index contributed by atoms with van der Waals surface area (Å²) in [5.41, 5.74) is 16.2. The normalized spacial score (nSPS) is 10.9. The van der Waals surface area contributed by atoms with Gasteiger partial charge in [0.25, 0.3) is 0 Å². The van der Waals surface area contributed by atoms with Crippen LogP contribution in [0.5, 0.6) is 0 Å². The summed E-state index contributed by atoms with van der Waals surface area (Å²) in [4.78, 5) is 2.80. The molecule has 516 valence electrons. The lowest BCUT2D eigenvalue weighted by Gasteiger charge is -2.13. The van der Waals surface area contributed by atoms with Crippen molar-refractivity contribution in [1.29, 1.82) is 0 Å². The summed E-state index contributed by atoms with van der Waals surface area (Å²) in [5.74, 6) is 1.97. The van der Waals surface area contributed by atoms with Crippen LogP contribution in [0.15, 0.2) is 296 Å². The Morgan fingerprint density at radius 3 is 0.933 bits per heavy atom. The van der Waals surface area contributed by atoms with Crippen molar-refractivity contribution >= 4 is 130 Å². The zero-order valence-electron chi connectivity index (χ0n) is 63.5. The van der Waals surface area contributed by atoms with E-state index in [2.05, 4.69) is 376 Å². The molecular formula is C102H96OS. The first kappa shape index (κ1) is 72.6. The highest BCUT2D eigenvalue weighted by molar-refractivity contribution is 7.11. The highest BCUT2D eigenvalue weighted by Crippen LogP contribution is 2.38. The average Bonchev–Trinajstić information content (AvgIpc) is 0.807. The molecule has 0 aliphatic heterocycles. The molecule has 0 fully saturated rings. The maximum atomic E-state index is 5.08. The molecule has 0 radical (unpaired) electrons. The van der Waals surface area contributed by atoms with Gasteiger partial charge < -0.3 is 4.42 Å². The summed E-state index contributed by atoms with van der Waals surface area (Å²) < 4.78 is 5.08. The molecule has 1 nitrogen and oxygen atoms in total. The topological polar surface area (TPSA) is 13.1 Å². The van der Waals surface area contributed by atoms with Gasteiger partial charge >= 0.3 is 0 Å². The Morgan fingerprint density at radius 1 is 0.183 bits per heavy atom. The Hall–Kier alpha value is -11.2. The first-order chi connectivity index (χ1) is 50.1. The lowest BCUT2D eigenvalue weighted by Crippen LogP contribution is -1.87. The Labute approximate surface area is 620 Å². The number of aryl methyl sites for hydroxylation is 16. The predicted octanol–water partition coefficient (Wildman–Crippen LogP) is 30.2. The minimum absolute atomic E-state index is 0.984. The van der Waals surface area contributed by atoms with E-state index in [4.69, 9.17) is 4.42 Å². The number of fused-ring (bicyclic) bond motifs is 10. The van der Waals surface area contributed by atoms with E-state index >= 15 is 0 Å². The molecule has 0 atom stereocenters. The summed E-state index contributed by atoms with van der Waals surface area (Å²) in [5, 5.41) is 30.0. The molecule has 0 unspecified atom stereocenters. The van der Waals surface area contributed by atoms with E-state index in [-0.39, 0.29) is 0 Å². The van der Waals surface area contributed by atoms with Crippen molar-refractivity contribution in [2.24, 2.45) is 0 Å². The van der Waals surface area contributed by atoms with Gasteiger partial charge in [-0.05, 0) is 287 Å². The van der Waals surface area contributed by atoms with Crippen molar-refractivity contribution in [1.82, 2.24) is 0 Å². The van der Waals surface area contributed by atoms with Gasteiger partial charge in [0, 0.05) is 9.75 Å². The third-order valence-corrected chi connectivity index (χ3v) is 21.0. The lowest BCUT2D eigenvalue weighted by molar-refractivity contribution is 0.504. The second kappa shape index (κ2) is 32.4. The van der Waals surface area contributed by atoms with Crippen LogP contribution in [-0.4, -0.2) is 0 Å². The van der Waals surface area contributed by atoms with Crippen LogP contribution in [0.25, 0.3) is 118 Å². The number of furan rings is 1. The molecule has 2 heterocycles. The molecule has 0 saturated heterocycles. The van der Waals surface area contributed by atoms with Gasteiger partial charge in [0.15, 0.2) is 0 Å². The second-order valence-electron chi connectivity index (χ2n) is 28.5. The van der Waals surface area contributed by atoms with Gasteiger partial charge in [-0.2, -0.15) is 0 Å². The molecule has 0 aliphatic carbocycles. The van der Waals surface area contributed by atoms with Gasteiger partial charge in [0.2, 0.25) is 0 Å². The SMILES string of the molecule is Cc1c2ccccc2c(C)c2ccccc12.Cc1cc(C)c2ccccc2c1.Cc1ccc(C)o1.Cc1ccc(C)s1.Cc1ccc2c(ccc3cc(C)ccc32)c1.Cc1ccc2cc(C)c3ccccc3c2c1.Cc1ccc2cc(C)ccc2c1.Cc1ccc2ccc3c(C)ccc4ccc1c2c43. The van der Waals surface area contributed by atoms with Crippen LogP contribution in [-0.2, 0) is 0 Å². The van der Waals surface area contributed by atoms with Crippen LogP contribution in [0.3, 0.4) is 0 Å². The van der Waals surface area contributed by atoms with Crippen molar-refractivity contribution in [2.75, 3.05) is 0 Å². The fourth-order valence-electron chi connectivity index (χ4n) is 14.7. The van der Waals surface area contributed by atoms with Crippen LogP contribution in [0, 0.1) is 111 Å². The maximum Gasteiger partial charge on any atom is 0.101 e. The van der Waals surface area contributed by atoms with Crippen LogP contribution in [0.4, 0.5) is 0 Å². The number of hydrogen-bond donors (Lipinski definition) is 0. The fourth-order valence-corrected chi connectivity index (χ4v) is 15.4. The number of thiophene rings is 1. The smallest absolute Gasteiger partial charge is 0.101 e. The maximum absolute atomic E-state index is 5.08. The molecular weight excluding hydrogens is 1270 g/mol. The van der Waals surface area contributed by atoms with Crippen LogP contribution in [0.1, 0.15) is 88.0 Å². The minimum Gasteiger partial charge on any atom is -0.467 e. The zero-order chi connectivity index (χ0) is 73.3. The third-order valence-electron chi connectivity index (χ3n) is 20.1. The van der Waals surface area contributed by atoms with Crippen molar-refractivity contribution in [2.45, 2.75) is 111 Å². The monoisotopic (exact) mass is 1370 g/mol. The summed E-state index contributed by atoms with van der Waals surface area (Å²) in [6.07, 6.45) is 0. The minimum atomic E-state index is 0.984. The van der Waals surface area contributed by atoms with Gasteiger partial charge in [-0.3, -0.25) is 0 Å². The summed E-state index contributed by atoms with van der Waals surface area (Å²) in [6.45, 7) is 34.1. The van der Waals surface area contributed by atoms with Crippen LogP contribution < -0.4 is 0 Å². The van der Waals surface area contributed by atoms with Crippen molar-refractivity contribution in [3.63, 3.8) is 0 Å². The van der Waals surface area contributed by atoms with Gasteiger partial charge in [-0.15, -0.1) is 11.3 Å². The summed E-state index contributed by atoms with van der Waals surface area (Å²) >= 11 is 1.84. The molecule has 0 N–H and O–H groups in total. The molecule has 2 heteroatoms. The quantitative estimate of drug-likeness (QED) is 0.109. The van der Waals surface area contributed by atoms with Crippen molar-refractivity contribution in [3.8, 4) is 0 Å². The molecule has 104 heavy (non-hydrogen) atoms. The Bertz CT molecular complexity index is 5880. The molecule has 19 rings (SSSR count). The highest BCUT2D eigenvalue weighted by atomic mass is 32.1. The molecule has 19 aromatic rings. The fraction of sp³-hybridized carbons (Fsp3) is 0.157. The lowest BCUT2D eigenvalue weighted by atomic mass is 9.91. The van der Waals surface area contributed by atoms with E-state index in [0.29, 0.717) is 0 Å². The molecule has 17 aromatic carbocycles. The molecule has 0 amide bonds. The van der Waals surface area contributed by atoms with Crippen LogP contribution in [0.2, 0.25) is 0 Å². The predicted molar refractivity (Wildman–Crippen MR) is 461 cm³/mol. The van der Waals surface area contributed by atoms with Gasteiger partial charge in [-0.25, -0.2) is 0 Å². The van der Waals surface area contributed by atoms with E-state index < -0.39 is 0 Å². The Balaban J connectivity index is 0.000000114. The van der Waals surface area contributed by atoms with E-state index in [0.717, 1.165) is 11.5 Å². The van der Waals surface area contributed by atoms with Gasteiger partial charge in [0.1, 0.15) is 11.5 Å². The first-order valence-electron chi connectivity index (χ1n) is 36.4. The summed E-state index contributed by atoms with van der Waals surface area (Å²) in [6, 6.07) is 105. The van der Waals surface area contributed by atoms with Gasteiger partial charge in [0.05, 0.1) is 0 Å². The highest BCUT2D eigenvalue weighted by Gasteiger charge is 2.12. The number of benzene rings is 17. The average molecular weight is 1370 g/mol. The third kappa shape index (κ3) is 16.8. The largest absolute Gasteiger partial charge is 0.467 e.